The van der Waals surface area contributed by atoms with Gasteiger partial charge >= 0.3 is 6.18 Å². The second-order valence-corrected chi connectivity index (χ2v) is 11.2. The van der Waals surface area contributed by atoms with Crippen molar-refractivity contribution in [1.29, 1.82) is 0 Å². The number of amides is 1. The number of ether oxygens (including phenoxy) is 2. The third-order valence-electron chi connectivity index (χ3n) is 8.84. The van der Waals surface area contributed by atoms with Crippen LogP contribution in [0.1, 0.15) is 50.5 Å². The Balaban J connectivity index is 1.05. The van der Waals surface area contributed by atoms with E-state index in [0.29, 0.717) is 25.9 Å². The summed E-state index contributed by atoms with van der Waals surface area (Å²) in [6.45, 7) is 3.40. The van der Waals surface area contributed by atoms with Crippen molar-refractivity contribution in [2.45, 2.75) is 68.9 Å². The van der Waals surface area contributed by atoms with E-state index in [9.17, 15) is 18.0 Å². The van der Waals surface area contributed by atoms with Crippen molar-refractivity contribution in [3.63, 3.8) is 0 Å². The van der Waals surface area contributed by atoms with Gasteiger partial charge in [-0.3, -0.25) is 9.69 Å². The van der Waals surface area contributed by atoms with Crippen molar-refractivity contribution < 1.29 is 27.4 Å². The zero-order chi connectivity index (χ0) is 27.0. The summed E-state index contributed by atoms with van der Waals surface area (Å²) in [5, 5.41) is 0. The molecule has 4 fully saturated rings. The fourth-order valence-corrected chi connectivity index (χ4v) is 6.25. The third-order valence-corrected chi connectivity index (χ3v) is 8.84. The summed E-state index contributed by atoms with van der Waals surface area (Å²) >= 11 is 0. The van der Waals surface area contributed by atoms with Crippen LogP contribution in [0.4, 0.5) is 24.7 Å². The molecule has 0 unspecified atom stereocenters. The van der Waals surface area contributed by atoms with E-state index in [0.717, 1.165) is 54.4 Å². The van der Waals surface area contributed by atoms with E-state index in [2.05, 4.69) is 26.9 Å². The highest BCUT2D eigenvalue weighted by molar-refractivity contribution is 5.95. The Kier molecular flexibility index (Phi) is 7.18. The highest BCUT2D eigenvalue weighted by Crippen LogP contribution is 2.39. The van der Waals surface area contributed by atoms with Crippen LogP contribution in [0.3, 0.4) is 0 Å². The smallest absolute Gasteiger partial charge is 0.419 e. The van der Waals surface area contributed by atoms with Crippen molar-refractivity contribution in [3.05, 3.63) is 48.2 Å². The van der Waals surface area contributed by atoms with Gasteiger partial charge < -0.3 is 19.3 Å². The number of aromatic nitrogens is 1. The number of carbonyl (C=O) groups is 1. The Morgan fingerprint density at radius 3 is 2.33 bits per heavy atom. The van der Waals surface area contributed by atoms with Gasteiger partial charge in [-0.05, 0) is 74.9 Å². The first-order chi connectivity index (χ1) is 18.8. The quantitative estimate of drug-likeness (QED) is 0.534. The summed E-state index contributed by atoms with van der Waals surface area (Å²) < 4.78 is 53.0. The number of pyridine rings is 1. The monoisotopic (exact) mass is 544 g/mol. The van der Waals surface area contributed by atoms with Gasteiger partial charge in [-0.1, -0.05) is 6.42 Å². The van der Waals surface area contributed by atoms with Crippen LogP contribution in [-0.4, -0.2) is 72.9 Å². The van der Waals surface area contributed by atoms with Crippen molar-refractivity contribution >= 4 is 17.4 Å². The number of halogens is 3. The SMILES string of the molecule is O=C1COC2(CCN(c3ccc(OC4CCN(C5CCC5)CC4)cc3)CC2)CN1c1ncccc1C(F)(F)F. The number of alkyl halides is 3. The van der Waals surface area contributed by atoms with Gasteiger partial charge in [0.15, 0.2) is 0 Å². The molecule has 1 amide bonds. The van der Waals surface area contributed by atoms with Gasteiger partial charge in [-0.25, -0.2) is 4.98 Å². The number of anilines is 2. The maximum Gasteiger partial charge on any atom is 0.419 e. The minimum atomic E-state index is -4.60. The molecule has 1 aliphatic carbocycles. The number of hydrogen-bond acceptors (Lipinski definition) is 6. The van der Waals surface area contributed by atoms with Crippen LogP contribution in [0.2, 0.25) is 0 Å². The van der Waals surface area contributed by atoms with Crippen LogP contribution in [0.15, 0.2) is 42.6 Å². The summed E-state index contributed by atoms with van der Waals surface area (Å²) in [5.41, 5.74) is -0.522. The minimum Gasteiger partial charge on any atom is -0.490 e. The molecule has 0 atom stereocenters. The molecule has 3 aliphatic heterocycles. The van der Waals surface area contributed by atoms with Gasteiger partial charge in [0.05, 0.1) is 17.7 Å². The van der Waals surface area contributed by atoms with Gasteiger partial charge in [-0.2, -0.15) is 13.2 Å². The Bertz CT molecular complexity index is 1160. The lowest BCUT2D eigenvalue weighted by atomic mass is 9.88. The number of morpholine rings is 1. The second-order valence-electron chi connectivity index (χ2n) is 11.2. The van der Waals surface area contributed by atoms with Crippen molar-refractivity contribution in [1.82, 2.24) is 9.88 Å². The van der Waals surface area contributed by atoms with Crippen LogP contribution in [0, 0.1) is 0 Å². The molecule has 1 saturated carbocycles. The fraction of sp³-hybridized carbons (Fsp3) is 0.586. The molecule has 1 aromatic carbocycles. The lowest BCUT2D eigenvalue weighted by Crippen LogP contribution is -2.59. The van der Waals surface area contributed by atoms with E-state index in [4.69, 9.17) is 9.47 Å². The molecule has 0 radical (unpaired) electrons. The lowest BCUT2D eigenvalue weighted by Gasteiger charge is -2.47. The molecule has 1 aromatic heterocycles. The van der Waals surface area contributed by atoms with Crippen LogP contribution < -0.4 is 14.5 Å². The molecule has 6 rings (SSSR count). The average Bonchev–Trinajstić information content (AvgIpc) is 2.91. The summed E-state index contributed by atoms with van der Waals surface area (Å²) in [5.74, 6) is 0.0379. The van der Waals surface area contributed by atoms with Gasteiger partial charge in [0.1, 0.15) is 24.3 Å². The fourth-order valence-electron chi connectivity index (χ4n) is 6.25. The summed E-state index contributed by atoms with van der Waals surface area (Å²) in [6, 6.07) is 11.2. The van der Waals surface area contributed by atoms with E-state index >= 15 is 0 Å². The molecule has 210 valence electrons. The van der Waals surface area contributed by atoms with Crippen LogP contribution in [0.5, 0.6) is 5.75 Å². The molecule has 4 aliphatic rings. The first-order valence-electron chi connectivity index (χ1n) is 14.0. The first kappa shape index (κ1) is 26.4. The molecule has 4 heterocycles. The van der Waals surface area contributed by atoms with Crippen LogP contribution in [-0.2, 0) is 15.7 Å². The number of piperidine rings is 2. The number of rotatable bonds is 5. The predicted octanol–water partition coefficient (Wildman–Crippen LogP) is 4.90. The van der Waals surface area contributed by atoms with E-state index in [1.54, 1.807) is 0 Å². The number of likely N-dealkylation sites (tertiary alicyclic amines) is 1. The Morgan fingerprint density at radius 1 is 0.974 bits per heavy atom. The van der Waals surface area contributed by atoms with Crippen molar-refractivity contribution in [3.8, 4) is 5.75 Å². The summed E-state index contributed by atoms with van der Waals surface area (Å²) in [4.78, 5) is 22.5. The van der Waals surface area contributed by atoms with Crippen LogP contribution >= 0.6 is 0 Å². The zero-order valence-electron chi connectivity index (χ0n) is 22.0. The Morgan fingerprint density at radius 2 is 1.69 bits per heavy atom. The molecule has 0 N–H and O–H groups in total. The molecule has 2 aromatic rings. The maximum atomic E-state index is 13.6. The van der Waals surface area contributed by atoms with E-state index in [1.165, 1.54) is 31.5 Å². The number of hydrogen-bond donors (Lipinski definition) is 0. The molecule has 3 saturated heterocycles. The third kappa shape index (κ3) is 5.59. The molecule has 39 heavy (non-hydrogen) atoms. The number of carbonyl (C=O) groups excluding carboxylic acids is 1. The summed E-state index contributed by atoms with van der Waals surface area (Å²) in [7, 11) is 0. The molecular weight excluding hydrogens is 509 g/mol. The van der Waals surface area contributed by atoms with Crippen molar-refractivity contribution in [2.24, 2.45) is 0 Å². The zero-order valence-corrected chi connectivity index (χ0v) is 22.0. The Labute approximate surface area is 226 Å². The minimum absolute atomic E-state index is 0.0616. The molecule has 10 heteroatoms. The standard InChI is InChI=1S/C29H35F3N4O3/c30-29(31,32)25-5-2-14-33-27(25)36-20-28(38-19-26(36)37)12-17-35(18-13-28)22-6-8-23(9-7-22)39-24-10-15-34(16-11-24)21-3-1-4-21/h2,5-9,14,21,24H,1,3-4,10-13,15-20H2. The van der Waals surface area contributed by atoms with Crippen LogP contribution in [0.25, 0.3) is 0 Å². The molecular formula is C29H35F3N4O3. The highest BCUT2D eigenvalue weighted by atomic mass is 19.4. The second kappa shape index (κ2) is 10.6. The molecule has 0 bridgehead atoms. The average molecular weight is 545 g/mol. The normalized spacial score (nSPS) is 23.2. The summed E-state index contributed by atoms with van der Waals surface area (Å²) in [6.07, 6.45) is 4.33. The predicted molar refractivity (Wildman–Crippen MR) is 141 cm³/mol. The first-order valence-corrected chi connectivity index (χ1v) is 14.0. The largest absolute Gasteiger partial charge is 0.490 e. The van der Waals surface area contributed by atoms with E-state index in [-0.39, 0.29) is 25.1 Å². The van der Waals surface area contributed by atoms with Gasteiger partial charge in [0.2, 0.25) is 0 Å². The highest BCUT2D eigenvalue weighted by Gasteiger charge is 2.45. The van der Waals surface area contributed by atoms with Gasteiger partial charge in [0, 0.05) is 44.1 Å². The molecule has 7 nitrogen and oxygen atoms in total. The lowest BCUT2D eigenvalue weighted by molar-refractivity contribution is -0.143. The van der Waals surface area contributed by atoms with E-state index in [1.807, 2.05) is 12.1 Å². The number of nitrogens with zero attached hydrogens (tertiary/aromatic N) is 4. The maximum absolute atomic E-state index is 13.6. The van der Waals surface area contributed by atoms with E-state index < -0.39 is 23.2 Å². The van der Waals surface area contributed by atoms with Crippen molar-refractivity contribution in [2.75, 3.05) is 49.1 Å². The topological polar surface area (TPSA) is 58.1 Å². The Hall–Kier alpha value is -2.85. The van der Waals surface area contributed by atoms with Gasteiger partial charge in [-0.15, -0.1) is 0 Å². The molecule has 1 spiro atoms. The van der Waals surface area contributed by atoms with Gasteiger partial charge in [0.25, 0.3) is 5.91 Å². The number of benzene rings is 1.